The third-order valence-corrected chi connectivity index (χ3v) is 3.92. The second kappa shape index (κ2) is 8.33. The SMILES string of the molecule is COCCNCc1ncoc1C1CCCCCCC1. The van der Waals surface area contributed by atoms with Crippen molar-refractivity contribution in [2.45, 2.75) is 57.4 Å². The van der Waals surface area contributed by atoms with Gasteiger partial charge in [-0.25, -0.2) is 4.98 Å². The summed E-state index contributed by atoms with van der Waals surface area (Å²) in [6, 6.07) is 0. The summed E-state index contributed by atoms with van der Waals surface area (Å²) in [7, 11) is 1.72. The van der Waals surface area contributed by atoms with E-state index in [4.69, 9.17) is 9.15 Å². The van der Waals surface area contributed by atoms with E-state index >= 15 is 0 Å². The van der Waals surface area contributed by atoms with E-state index in [1.54, 1.807) is 13.5 Å². The minimum atomic E-state index is 0.571. The molecule has 1 aliphatic carbocycles. The molecular weight excluding hydrogens is 240 g/mol. The van der Waals surface area contributed by atoms with Gasteiger partial charge in [0.25, 0.3) is 0 Å². The zero-order valence-corrected chi connectivity index (χ0v) is 12.0. The molecule has 0 radical (unpaired) electrons. The summed E-state index contributed by atoms with van der Waals surface area (Å²) in [6.07, 6.45) is 10.9. The lowest BCUT2D eigenvalue weighted by molar-refractivity contribution is 0.199. The van der Waals surface area contributed by atoms with Gasteiger partial charge in [-0.15, -0.1) is 0 Å². The first-order valence-corrected chi connectivity index (χ1v) is 7.53. The molecular formula is C15H26N2O2. The Hall–Kier alpha value is -0.870. The Kier molecular flexibility index (Phi) is 6.37. The lowest BCUT2D eigenvalue weighted by Gasteiger charge is -2.18. The topological polar surface area (TPSA) is 47.3 Å². The molecule has 1 N–H and O–H groups in total. The molecule has 1 aromatic heterocycles. The fourth-order valence-electron chi connectivity index (χ4n) is 2.84. The number of oxazole rings is 1. The van der Waals surface area contributed by atoms with Crippen molar-refractivity contribution in [3.8, 4) is 0 Å². The number of aromatic nitrogens is 1. The molecule has 0 saturated heterocycles. The van der Waals surface area contributed by atoms with E-state index in [1.165, 1.54) is 44.9 Å². The maximum absolute atomic E-state index is 5.68. The Morgan fingerprint density at radius 1 is 1.26 bits per heavy atom. The van der Waals surface area contributed by atoms with Gasteiger partial charge in [0.05, 0.1) is 12.3 Å². The normalized spacial score (nSPS) is 18.2. The lowest BCUT2D eigenvalue weighted by Crippen LogP contribution is -2.20. The molecule has 0 atom stereocenters. The Balaban J connectivity index is 1.89. The largest absolute Gasteiger partial charge is 0.448 e. The fraction of sp³-hybridized carbons (Fsp3) is 0.800. The second-order valence-corrected chi connectivity index (χ2v) is 5.37. The van der Waals surface area contributed by atoms with Crippen LogP contribution in [0.2, 0.25) is 0 Å². The summed E-state index contributed by atoms with van der Waals surface area (Å²) in [5, 5.41) is 3.35. The highest BCUT2D eigenvalue weighted by atomic mass is 16.5. The summed E-state index contributed by atoms with van der Waals surface area (Å²) in [4.78, 5) is 4.37. The Bertz CT molecular complexity index is 344. The van der Waals surface area contributed by atoms with Crippen LogP contribution in [-0.2, 0) is 11.3 Å². The average Bonchev–Trinajstić information content (AvgIpc) is 2.83. The first kappa shape index (κ1) is 14.5. The molecule has 0 aliphatic heterocycles. The zero-order chi connectivity index (χ0) is 13.3. The maximum Gasteiger partial charge on any atom is 0.181 e. The molecule has 1 saturated carbocycles. The third-order valence-electron chi connectivity index (χ3n) is 3.92. The molecule has 19 heavy (non-hydrogen) atoms. The highest BCUT2D eigenvalue weighted by Crippen LogP contribution is 2.32. The van der Waals surface area contributed by atoms with E-state index < -0.39 is 0 Å². The molecule has 4 heteroatoms. The van der Waals surface area contributed by atoms with Gasteiger partial charge in [-0.05, 0) is 12.8 Å². The number of nitrogens with one attached hydrogen (secondary N) is 1. The summed E-state index contributed by atoms with van der Waals surface area (Å²) >= 11 is 0. The van der Waals surface area contributed by atoms with Crippen LogP contribution in [0.25, 0.3) is 0 Å². The number of hydrogen-bond donors (Lipinski definition) is 1. The third kappa shape index (κ3) is 4.62. The quantitative estimate of drug-likeness (QED) is 0.803. The molecule has 1 aromatic rings. The van der Waals surface area contributed by atoms with Crippen LogP contribution >= 0.6 is 0 Å². The monoisotopic (exact) mass is 266 g/mol. The van der Waals surface area contributed by atoms with Gasteiger partial charge in [-0.1, -0.05) is 32.1 Å². The Morgan fingerprint density at radius 3 is 2.74 bits per heavy atom. The van der Waals surface area contributed by atoms with Crippen molar-refractivity contribution in [3.05, 3.63) is 17.8 Å². The van der Waals surface area contributed by atoms with Crippen molar-refractivity contribution in [2.75, 3.05) is 20.3 Å². The van der Waals surface area contributed by atoms with E-state index in [9.17, 15) is 0 Å². The average molecular weight is 266 g/mol. The van der Waals surface area contributed by atoms with Gasteiger partial charge in [0.15, 0.2) is 6.39 Å². The van der Waals surface area contributed by atoms with Crippen LogP contribution in [-0.4, -0.2) is 25.2 Å². The van der Waals surface area contributed by atoms with Gasteiger partial charge in [-0.3, -0.25) is 0 Å². The Labute approximate surface area is 115 Å². The van der Waals surface area contributed by atoms with Gasteiger partial charge < -0.3 is 14.5 Å². The number of nitrogens with zero attached hydrogens (tertiary/aromatic N) is 1. The van der Waals surface area contributed by atoms with Crippen molar-refractivity contribution >= 4 is 0 Å². The van der Waals surface area contributed by atoms with E-state index in [0.717, 1.165) is 31.2 Å². The van der Waals surface area contributed by atoms with Crippen LogP contribution in [0.4, 0.5) is 0 Å². The molecule has 0 bridgehead atoms. The van der Waals surface area contributed by atoms with E-state index in [0.29, 0.717) is 5.92 Å². The van der Waals surface area contributed by atoms with Crippen molar-refractivity contribution in [2.24, 2.45) is 0 Å². The molecule has 0 aromatic carbocycles. The van der Waals surface area contributed by atoms with E-state index in [-0.39, 0.29) is 0 Å². The molecule has 108 valence electrons. The molecule has 0 unspecified atom stereocenters. The van der Waals surface area contributed by atoms with Gasteiger partial charge in [-0.2, -0.15) is 0 Å². The number of methoxy groups -OCH3 is 1. The number of hydrogen-bond acceptors (Lipinski definition) is 4. The van der Waals surface area contributed by atoms with Crippen molar-refractivity contribution in [3.63, 3.8) is 0 Å². The Morgan fingerprint density at radius 2 is 2.00 bits per heavy atom. The molecule has 0 spiro atoms. The summed E-state index contributed by atoms with van der Waals surface area (Å²) in [5.41, 5.74) is 1.08. The predicted octanol–water partition coefficient (Wildman–Crippen LogP) is 3.24. The van der Waals surface area contributed by atoms with Gasteiger partial charge in [0.1, 0.15) is 5.76 Å². The van der Waals surface area contributed by atoms with Crippen LogP contribution in [0, 0.1) is 0 Å². The minimum Gasteiger partial charge on any atom is -0.448 e. The molecule has 4 nitrogen and oxygen atoms in total. The first-order valence-electron chi connectivity index (χ1n) is 7.53. The molecule has 0 amide bonds. The van der Waals surface area contributed by atoms with Crippen LogP contribution in [0.15, 0.2) is 10.8 Å². The van der Waals surface area contributed by atoms with Crippen molar-refractivity contribution < 1.29 is 9.15 Å². The van der Waals surface area contributed by atoms with E-state index in [1.807, 2.05) is 0 Å². The van der Waals surface area contributed by atoms with Crippen LogP contribution in [0.3, 0.4) is 0 Å². The summed E-state index contributed by atoms with van der Waals surface area (Å²) in [6.45, 7) is 2.37. The maximum atomic E-state index is 5.68. The number of rotatable bonds is 6. The van der Waals surface area contributed by atoms with E-state index in [2.05, 4.69) is 10.3 Å². The van der Waals surface area contributed by atoms with Crippen molar-refractivity contribution in [1.82, 2.24) is 10.3 Å². The second-order valence-electron chi connectivity index (χ2n) is 5.37. The predicted molar refractivity (Wildman–Crippen MR) is 75.1 cm³/mol. The number of ether oxygens (including phenoxy) is 1. The summed E-state index contributed by atoms with van der Waals surface area (Å²) < 4.78 is 10.7. The minimum absolute atomic E-state index is 0.571. The zero-order valence-electron chi connectivity index (χ0n) is 12.0. The highest BCUT2D eigenvalue weighted by molar-refractivity contribution is 5.12. The molecule has 1 fully saturated rings. The smallest absolute Gasteiger partial charge is 0.181 e. The standard InChI is InChI=1S/C15H26N2O2/c1-18-10-9-16-11-14-15(19-12-17-14)13-7-5-3-2-4-6-8-13/h12-13,16H,2-11H2,1H3. The molecule has 2 rings (SSSR count). The molecule has 1 aliphatic rings. The van der Waals surface area contributed by atoms with Crippen molar-refractivity contribution in [1.29, 1.82) is 0 Å². The molecule has 1 heterocycles. The highest BCUT2D eigenvalue weighted by Gasteiger charge is 2.20. The first-order chi connectivity index (χ1) is 9.42. The van der Waals surface area contributed by atoms with Gasteiger partial charge in [0.2, 0.25) is 0 Å². The van der Waals surface area contributed by atoms with Gasteiger partial charge >= 0.3 is 0 Å². The van der Waals surface area contributed by atoms with Crippen LogP contribution in [0.5, 0.6) is 0 Å². The van der Waals surface area contributed by atoms with Crippen LogP contribution in [0.1, 0.15) is 62.3 Å². The lowest BCUT2D eigenvalue weighted by atomic mass is 9.88. The summed E-state index contributed by atoms with van der Waals surface area (Å²) in [5.74, 6) is 1.69. The van der Waals surface area contributed by atoms with Gasteiger partial charge in [0, 0.05) is 26.1 Å². The fourth-order valence-corrected chi connectivity index (χ4v) is 2.84. The van der Waals surface area contributed by atoms with Crippen LogP contribution < -0.4 is 5.32 Å².